The monoisotopic (exact) mass is 317 g/mol. The highest BCUT2D eigenvalue weighted by Gasteiger charge is 2.33. The van der Waals surface area contributed by atoms with Gasteiger partial charge in [-0.3, -0.25) is 0 Å². The molecule has 0 aliphatic rings. The van der Waals surface area contributed by atoms with Crippen LogP contribution in [-0.2, 0) is 12.6 Å². The molecule has 2 N–H and O–H groups in total. The number of aromatic nitrogens is 2. The minimum atomic E-state index is -4.43. The molecule has 1 aromatic carbocycles. The maximum absolute atomic E-state index is 13.1. The van der Waals surface area contributed by atoms with Crippen LogP contribution in [-0.4, -0.2) is 16.2 Å². The Bertz CT molecular complexity index is 625. The van der Waals surface area contributed by atoms with Gasteiger partial charge >= 0.3 is 6.18 Å². The highest BCUT2D eigenvalue weighted by molar-refractivity contribution is 7.99. The first kappa shape index (κ1) is 15.8. The summed E-state index contributed by atoms with van der Waals surface area (Å²) in [6, 6.07) is 3.78. The number of nitrogens with two attached hydrogens (primary N) is 1. The topological polar surface area (TPSA) is 64.9 Å². The summed E-state index contributed by atoms with van der Waals surface area (Å²) >= 11 is 0.995. The zero-order chi connectivity index (χ0) is 15.6. The lowest BCUT2D eigenvalue weighted by molar-refractivity contribution is -0.138. The van der Waals surface area contributed by atoms with Crippen LogP contribution in [0.5, 0.6) is 0 Å². The Morgan fingerprint density at radius 2 is 2.05 bits per heavy atom. The smallest absolute Gasteiger partial charge is 0.416 e. The van der Waals surface area contributed by atoms with Gasteiger partial charge in [-0.1, -0.05) is 6.07 Å². The first-order valence-corrected chi connectivity index (χ1v) is 7.01. The van der Waals surface area contributed by atoms with Gasteiger partial charge < -0.3 is 10.2 Å². The molecule has 0 saturated carbocycles. The van der Waals surface area contributed by atoms with Crippen molar-refractivity contribution in [3.8, 4) is 0 Å². The Labute approximate surface area is 123 Å². The predicted octanol–water partition coefficient (Wildman–Crippen LogP) is 3.44. The fourth-order valence-corrected chi connectivity index (χ4v) is 2.59. The molecule has 2 rings (SSSR count). The maximum Gasteiger partial charge on any atom is 0.416 e. The Hall–Kier alpha value is -1.54. The molecule has 0 aliphatic carbocycles. The van der Waals surface area contributed by atoms with E-state index in [9.17, 15) is 13.2 Å². The largest absolute Gasteiger partial charge is 0.416 e. The second kappa shape index (κ2) is 6.07. The molecule has 0 aliphatic heterocycles. The van der Waals surface area contributed by atoms with Gasteiger partial charge in [0.1, 0.15) is 0 Å². The quantitative estimate of drug-likeness (QED) is 0.936. The zero-order valence-electron chi connectivity index (χ0n) is 11.4. The Kier molecular flexibility index (Phi) is 4.58. The number of rotatable bonds is 4. The highest BCUT2D eigenvalue weighted by atomic mass is 32.2. The molecule has 0 saturated heterocycles. The van der Waals surface area contributed by atoms with Gasteiger partial charge in [0.05, 0.1) is 5.56 Å². The SMILES string of the molecule is Cc1nnc(Sc2ccc(CC(C)N)c(C(F)(F)F)c2)o1. The molecule has 114 valence electrons. The third-order valence-electron chi connectivity index (χ3n) is 2.64. The molecule has 1 aromatic heterocycles. The molecule has 0 radical (unpaired) electrons. The van der Waals surface area contributed by atoms with E-state index in [1.165, 1.54) is 6.07 Å². The van der Waals surface area contributed by atoms with Gasteiger partial charge in [-0.2, -0.15) is 13.2 Å². The van der Waals surface area contributed by atoms with Crippen LogP contribution >= 0.6 is 11.8 Å². The van der Waals surface area contributed by atoms with Gasteiger partial charge in [0.25, 0.3) is 5.22 Å². The number of nitrogens with zero attached hydrogens (tertiary/aromatic N) is 2. The van der Waals surface area contributed by atoms with Crippen molar-refractivity contribution in [3.63, 3.8) is 0 Å². The van der Waals surface area contributed by atoms with Gasteiger partial charge in [-0.25, -0.2) is 0 Å². The average Bonchev–Trinajstić information content (AvgIpc) is 2.75. The van der Waals surface area contributed by atoms with E-state index >= 15 is 0 Å². The highest BCUT2D eigenvalue weighted by Crippen LogP contribution is 2.36. The molecule has 1 atom stereocenters. The summed E-state index contributed by atoms with van der Waals surface area (Å²) in [5.74, 6) is 0.363. The summed E-state index contributed by atoms with van der Waals surface area (Å²) in [6.07, 6.45) is -4.26. The van der Waals surface area contributed by atoms with Gasteiger partial charge in [0, 0.05) is 17.9 Å². The van der Waals surface area contributed by atoms with Crippen LogP contribution in [0.15, 0.2) is 32.7 Å². The zero-order valence-corrected chi connectivity index (χ0v) is 12.3. The normalized spacial score (nSPS) is 13.4. The van der Waals surface area contributed by atoms with Gasteiger partial charge in [0.15, 0.2) is 0 Å². The van der Waals surface area contributed by atoms with Crippen LogP contribution < -0.4 is 5.73 Å². The van der Waals surface area contributed by atoms with E-state index in [1.54, 1.807) is 19.9 Å². The molecule has 0 bridgehead atoms. The first-order chi connectivity index (χ1) is 9.75. The van der Waals surface area contributed by atoms with Crippen molar-refractivity contribution >= 4 is 11.8 Å². The van der Waals surface area contributed by atoms with Crippen LogP contribution in [0.3, 0.4) is 0 Å². The number of hydrogen-bond acceptors (Lipinski definition) is 5. The van der Waals surface area contributed by atoms with E-state index < -0.39 is 11.7 Å². The number of aryl methyl sites for hydroxylation is 1. The molecular weight excluding hydrogens is 303 g/mol. The predicted molar refractivity (Wildman–Crippen MR) is 72.0 cm³/mol. The van der Waals surface area contributed by atoms with Crippen LogP contribution in [0.2, 0.25) is 0 Å². The fraction of sp³-hybridized carbons (Fsp3) is 0.385. The summed E-state index contributed by atoms with van der Waals surface area (Å²) in [6.45, 7) is 3.29. The van der Waals surface area contributed by atoms with E-state index in [0.717, 1.165) is 17.8 Å². The van der Waals surface area contributed by atoms with E-state index in [1.807, 2.05) is 0 Å². The molecule has 0 spiro atoms. The van der Waals surface area contributed by atoms with Gasteiger partial charge in [0.2, 0.25) is 5.89 Å². The Balaban J connectivity index is 2.32. The lowest BCUT2D eigenvalue weighted by atomic mass is 10.0. The summed E-state index contributed by atoms with van der Waals surface area (Å²) in [5, 5.41) is 7.59. The van der Waals surface area contributed by atoms with Crippen molar-refractivity contribution in [2.45, 2.75) is 42.6 Å². The minimum absolute atomic E-state index is 0.166. The molecule has 0 amide bonds. The minimum Gasteiger partial charge on any atom is -0.416 e. The average molecular weight is 317 g/mol. The summed E-state index contributed by atoms with van der Waals surface area (Å²) in [7, 11) is 0. The molecule has 4 nitrogen and oxygen atoms in total. The van der Waals surface area contributed by atoms with Crippen molar-refractivity contribution in [2.75, 3.05) is 0 Å². The lowest BCUT2D eigenvalue weighted by Crippen LogP contribution is -2.20. The van der Waals surface area contributed by atoms with Crippen LogP contribution in [0.25, 0.3) is 0 Å². The summed E-state index contributed by atoms with van der Waals surface area (Å²) in [4.78, 5) is 0.388. The van der Waals surface area contributed by atoms with Crippen molar-refractivity contribution in [2.24, 2.45) is 5.73 Å². The molecule has 2 aromatic rings. The molecule has 1 unspecified atom stereocenters. The summed E-state index contributed by atoms with van der Waals surface area (Å²) in [5.41, 5.74) is 5.10. The number of halogens is 3. The molecular formula is C13H14F3N3OS. The third-order valence-corrected chi connectivity index (χ3v) is 3.47. The molecule has 21 heavy (non-hydrogen) atoms. The number of hydrogen-bond donors (Lipinski definition) is 1. The Morgan fingerprint density at radius 3 is 2.57 bits per heavy atom. The van der Waals surface area contributed by atoms with Crippen molar-refractivity contribution in [1.82, 2.24) is 10.2 Å². The van der Waals surface area contributed by atoms with Crippen LogP contribution in [0.1, 0.15) is 23.9 Å². The van der Waals surface area contributed by atoms with Crippen molar-refractivity contribution < 1.29 is 17.6 Å². The van der Waals surface area contributed by atoms with E-state index in [4.69, 9.17) is 10.2 Å². The number of alkyl halides is 3. The van der Waals surface area contributed by atoms with E-state index in [-0.39, 0.29) is 23.2 Å². The van der Waals surface area contributed by atoms with Crippen LogP contribution in [0.4, 0.5) is 13.2 Å². The van der Waals surface area contributed by atoms with Crippen molar-refractivity contribution in [3.05, 3.63) is 35.2 Å². The first-order valence-electron chi connectivity index (χ1n) is 6.19. The lowest BCUT2D eigenvalue weighted by Gasteiger charge is -2.15. The van der Waals surface area contributed by atoms with E-state index in [2.05, 4.69) is 10.2 Å². The number of benzene rings is 1. The van der Waals surface area contributed by atoms with Gasteiger partial charge in [-0.15, -0.1) is 10.2 Å². The molecule has 0 fully saturated rings. The van der Waals surface area contributed by atoms with Crippen LogP contribution in [0, 0.1) is 6.92 Å². The second-order valence-electron chi connectivity index (χ2n) is 4.69. The molecule has 8 heteroatoms. The third kappa shape index (κ3) is 4.21. The maximum atomic E-state index is 13.1. The van der Waals surface area contributed by atoms with Crippen molar-refractivity contribution in [1.29, 1.82) is 0 Å². The standard InChI is InChI=1S/C13H14F3N3OS/c1-7(17)5-9-3-4-10(6-11(9)13(14,15)16)21-12-19-18-8(2)20-12/h3-4,6-7H,5,17H2,1-2H3. The molecule has 1 heterocycles. The van der Waals surface area contributed by atoms with E-state index in [0.29, 0.717) is 10.8 Å². The fourth-order valence-electron chi connectivity index (χ4n) is 1.83. The summed E-state index contributed by atoms with van der Waals surface area (Å²) < 4.78 is 44.5. The Morgan fingerprint density at radius 1 is 1.33 bits per heavy atom. The van der Waals surface area contributed by atoms with Gasteiger partial charge in [-0.05, 0) is 42.8 Å². The second-order valence-corrected chi connectivity index (χ2v) is 5.71.